The van der Waals surface area contributed by atoms with Crippen LogP contribution >= 0.6 is 0 Å². The molecule has 0 unspecified atom stereocenters. The van der Waals surface area contributed by atoms with Gasteiger partial charge >= 0.3 is 0 Å². The Bertz CT molecular complexity index is 175. The van der Waals surface area contributed by atoms with E-state index in [0.717, 1.165) is 12.8 Å². The first-order valence-corrected chi connectivity index (χ1v) is 5.00. The van der Waals surface area contributed by atoms with E-state index in [-0.39, 0.29) is 5.41 Å². The van der Waals surface area contributed by atoms with E-state index >= 15 is 0 Å². The molecule has 1 nitrogen and oxygen atoms in total. The lowest BCUT2D eigenvalue weighted by Crippen LogP contribution is -2.37. The molecule has 1 aliphatic carbocycles. The molecule has 0 amide bonds. The van der Waals surface area contributed by atoms with Crippen LogP contribution in [0.2, 0.25) is 0 Å². The van der Waals surface area contributed by atoms with Crippen LogP contribution < -0.4 is 0 Å². The summed E-state index contributed by atoms with van der Waals surface area (Å²) in [4.78, 5) is 11.9. The summed E-state index contributed by atoms with van der Waals surface area (Å²) in [5.41, 5.74) is -0.106. The zero-order valence-corrected chi connectivity index (χ0v) is 8.68. The summed E-state index contributed by atoms with van der Waals surface area (Å²) in [5, 5.41) is 0. The van der Waals surface area contributed by atoms with E-state index < -0.39 is 0 Å². The molecule has 0 saturated heterocycles. The van der Waals surface area contributed by atoms with Crippen LogP contribution in [-0.4, -0.2) is 5.78 Å². The van der Waals surface area contributed by atoms with Crippen molar-refractivity contribution in [3.63, 3.8) is 0 Å². The van der Waals surface area contributed by atoms with Gasteiger partial charge in [0, 0.05) is 11.3 Å². The summed E-state index contributed by atoms with van der Waals surface area (Å²) in [6.45, 7) is 8.43. The van der Waals surface area contributed by atoms with Crippen LogP contribution in [-0.2, 0) is 4.79 Å². The Morgan fingerprint density at radius 1 is 1.33 bits per heavy atom. The molecule has 1 aliphatic rings. The van der Waals surface area contributed by atoms with Crippen molar-refractivity contribution in [2.24, 2.45) is 17.3 Å². The van der Waals surface area contributed by atoms with Crippen LogP contribution in [0, 0.1) is 17.3 Å². The molecule has 1 saturated carbocycles. The minimum absolute atomic E-state index is 0.106. The molecule has 0 aromatic carbocycles. The van der Waals surface area contributed by atoms with Crippen molar-refractivity contribution in [3.05, 3.63) is 0 Å². The maximum absolute atomic E-state index is 11.9. The number of ketones is 1. The number of rotatable bonds is 3. The molecule has 1 heteroatoms. The Labute approximate surface area is 75.5 Å². The summed E-state index contributed by atoms with van der Waals surface area (Å²) in [5.74, 6) is 1.34. The van der Waals surface area contributed by atoms with Gasteiger partial charge < -0.3 is 0 Å². The quantitative estimate of drug-likeness (QED) is 0.633. The number of hydrogen-bond donors (Lipinski definition) is 0. The van der Waals surface area contributed by atoms with E-state index in [9.17, 15) is 4.79 Å². The summed E-state index contributed by atoms with van der Waals surface area (Å²) in [6.07, 6.45) is 3.52. The second-order valence-electron chi connectivity index (χ2n) is 4.87. The average Bonchev–Trinajstić information content (AvgIpc) is 1.83. The first-order valence-electron chi connectivity index (χ1n) is 5.00. The largest absolute Gasteiger partial charge is 0.299 e. The third-order valence-electron chi connectivity index (χ3n) is 3.55. The van der Waals surface area contributed by atoms with Gasteiger partial charge in [-0.1, -0.05) is 34.1 Å². The Kier molecular flexibility index (Phi) is 2.60. The molecule has 0 N–H and O–H groups in total. The first-order chi connectivity index (χ1) is 5.46. The molecule has 0 aromatic heterocycles. The third kappa shape index (κ3) is 1.55. The molecule has 0 heterocycles. The highest BCUT2D eigenvalue weighted by Crippen LogP contribution is 2.37. The minimum Gasteiger partial charge on any atom is -0.299 e. The zero-order valence-electron chi connectivity index (χ0n) is 8.68. The lowest BCUT2D eigenvalue weighted by atomic mass is 9.68. The molecule has 1 fully saturated rings. The average molecular weight is 168 g/mol. The zero-order chi connectivity index (χ0) is 9.35. The highest BCUT2D eigenvalue weighted by atomic mass is 16.1. The lowest BCUT2D eigenvalue weighted by molar-refractivity contribution is -0.135. The minimum atomic E-state index is -0.106. The van der Waals surface area contributed by atoms with Crippen molar-refractivity contribution in [2.75, 3.05) is 0 Å². The summed E-state index contributed by atoms with van der Waals surface area (Å²) >= 11 is 0. The van der Waals surface area contributed by atoms with E-state index in [1.54, 1.807) is 0 Å². The number of hydrogen-bond acceptors (Lipinski definition) is 1. The second-order valence-corrected chi connectivity index (χ2v) is 4.87. The van der Waals surface area contributed by atoms with Crippen LogP contribution in [0.1, 0.15) is 47.0 Å². The topological polar surface area (TPSA) is 17.1 Å². The molecular weight excluding hydrogens is 148 g/mol. The van der Waals surface area contributed by atoms with Crippen molar-refractivity contribution in [1.82, 2.24) is 0 Å². The van der Waals surface area contributed by atoms with Gasteiger partial charge in [0.05, 0.1) is 0 Å². The predicted molar refractivity (Wildman–Crippen MR) is 51.0 cm³/mol. The van der Waals surface area contributed by atoms with Crippen molar-refractivity contribution >= 4 is 5.78 Å². The third-order valence-corrected chi connectivity index (χ3v) is 3.55. The number of carbonyl (C=O) groups is 1. The van der Waals surface area contributed by atoms with Crippen LogP contribution in [0.15, 0.2) is 0 Å². The fourth-order valence-corrected chi connectivity index (χ4v) is 1.48. The van der Waals surface area contributed by atoms with E-state index in [0.29, 0.717) is 17.6 Å². The molecule has 70 valence electrons. The van der Waals surface area contributed by atoms with E-state index in [1.807, 2.05) is 0 Å². The van der Waals surface area contributed by atoms with Gasteiger partial charge in [0.2, 0.25) is 0 Å². The SMILES string of the molecule is CC(C)C(C)(C)C(=O)C1CCC1. The Hall–Kier alpha value is -0.330. The van der Waals surface area contributed by atoms with Gasteiger partial charge in [-0.25, -0.2) is 0 Å². The fourth-order valence-electron chi connectivity index (χ4n) is 1.48. The van der Waals surface area contributed by atoms with Crippen LogP contribution in [0.5, 0.6) is 0 Å². The maximum Gasteiger partial charge on any atom is 0.141 e. The van der Waals surface area contributed by atoms with Crippen molar-refractivity contribution in [1.29, 1.82) is 0 Å². The van der Waals surface area contributed by atoms with Gasteiger partial charge in [-0.15, -0.1) is 0 Å². The Morgan fingerprint density at radius 2 is 1.83 bits per heavy atom. The molecule has 0 aromatic rings. The Morgan fingerprint density at radius 3 is 2.08 bits per heavy atom. The monoisotopic (exact) mass is 168 g/mol. The molecule has 0 radical (unpaired) electrons. The van der Waals surface area contributed by atoms with E-state index in [1.165, 1.54) is 6.42 Å². The second kappa shape index (κ2) is 3.20. The lowest BCUT2D eigenvalue weighted by Gasteiger charge is -2.35. The summed E-state index contributed by atoms with van der Waals surface area (Å²) in [7, 11) is 0. The smallest absolute Gasteiger partial charge is 0.141 e. The summed E-state index contributed by atoms with van der Waals surface area (Å²) < 4.78 is 0. The molecule has 12 heavy (non-hydrogen) atoms. The maximum atomic E-state index is 11.9. The van der Waals surface area contributed by atoms with Crippen molar-refractivity contribution in [2.45, 2.75) is 47.0 Å². The molecular formula is C11H20O. The Balaban J connectivity index is 2.60. The van der Waals surface area contributed by atoms with Gasteiger partial charge in [0.1, 0.15) is 5.78 Å². The predicted octanol–water partition coefficient (Wildman–Crippen LogP) is 3.04. The van der Waals surface area contributed by atoms with Crippen molar-refractivity contribution in [3.8, 4) is 0 Å². The van der Waals surface area contributed by atoms with Gasteiger partial charge in [0.25, 0.3) is 0 Å². The molecule has 1 rings (SSSR count). The fraction of sp³-hybridized carbons (Fsp3) is 0.909. The molecule has 0 atom stereocenters. The normalized spacial score (nSPS) is 19.4. The van der Waals surface area contributed by atoms with E-state index in [4.69, 9.17) is 0 Å². The number of carbonyl (C=O) groups excluding carboxylic acids is 1. The van der Waals surface area contributed by atoms with Crippen LogP contribution in [0.4, 0.5) is 0 Å². The molecule has 0 spiro atoms. The van der Waals surface area contributed by atoms with Gasteiger partial charge in [0.15, 0.2) is 0 Å². The van der Waals surface area contributed by atoms with E-state index in [2.05, 4.69) is 27.7 Å². The van der Waals surface area contributed by atoms with Crippen molar-refractivity contribution < 1.29 is 4.79 Å². The standard InChI is InChI=1S/C11H20O/c1-8(2)11(3,4)10(12)9-6-5-7-9/h8-9H,5-7H2,1-4H3. The number of Topliss-reactive ketones (excluding diaryl/α,β-unsaturated/α-hetero) is 1. The van der Waals surface area contributed by atoms with Crippen LogP contribution in [0.25, 0.3) is 0 Å². The highest BCUT2D eigenvalue weighted by molar-refractivity contribution is 5.87. The van der Waals surface area contributed by atoms with Gasteiger partial charge in [-0.2, -0.15) is 0 Å². The highest BCUT2D eigenvalue weighted by Gasteiger charge is 2.38. The summed E-state index contributed by atoms with van der Waals surface area (Å²) in [6, 6.07) is 0. The van der Waals surface area contributed by atoms with Gasteiger partial charge in [-0.05, 0) is 18.8 Å². The first kappa shape index (κ1) is 9.76. The molecule has 0 bridgehead atoms. The van der Waals surface area contributed by atoms with Crippen LogP contribution in [0.3, 0.4) is 0 Å². The molecule has 0 aliphatic heterocycles. The van der Waals surface area contributed by atoms with Gasteiger partial charge in [-0.3, -0.25) is 4.79 Å².